The molecule has 2 aliphatic heterocycles. The molecule has 2 aromatic rings. The van der Waals surface area contributed by atoms with Crippen LogP contribution in [-0.4, -0.2) is 67.7 Å². The van der Waals surface area contributed by atoms with Crippen LogP contribution < -0.4 is 32.2 Å². The molecule has 2 aliphatic rings. The van der Waals surface area contributed by atoms with E-state index in [1.807, 2.05) is 0 Å². The number of anilines is 3. The number of nitrogens with one attached hydrogen (secondary N) is 1. The molecular weight excluding hydrogens is 576 g/mol. The van der Waals surface area contributed by atoms with Gasteiger partial charge in [-0.25, -0.2) is 9.78 Å². The van der Waals surface area contributed by atoms with E-state index in [1.54, 1.807) is 16.8 Å². The Morgan fingerprint density at radius 2 is 2.10 bits per heavy atom. The van der Waals surface area contributed by atoms with Crippen LogP contribution >= 0.6 is 34.7 Å². The normalized spacial score (nSPS) is 19.7. The monoisotopic (exact) mass is 596 g/mol. The predicted octanol–water partition coefficient (Wildman–Crippen LogP) is -1.87. The number of hydrogen-bond donors (Lipinski definition) is 5. The van der Waals surface area contributed by atoms with E-state index in [0.29, 0.717) is 16.9 Å². The van der Waals surface area contributed by atoms with Crippen molar-refractivity contribution in [2.75, 3.05) is 23.0 Å². The van der Waals surface area contributed by atoms with Gasteiger partial charge < -0.3 is 42.4 Å². The minimum absolute atomic E-state index is 0.00695. The van der Waals surface area contributed by atoms with Crippen LogP contribution in [0.4, 0.5) is 16.5 Å². The Hall–Kier alpha value is -4.09. The molecular formula is C21H21ClN8O7S2. The molecule has 4 rings (SSSR count). The summed E-state index contributed by atoms with van der Waals surface area (Å²) in [5.41, 5.74) is 17.3. The number of thiazole rings is 1. The van der Waals surface area contributed by atoms with Gasteiger partial charge in [0, 0.05) is 17.4 Å². The highest BCUT2D eigenvalue weighted by Gasteiger charge is 2.53. The fourth-order valence-corrected chi connectivity index (χ4v) is 5.99. The standard InChI is InChI=1S/C21H21ClN8O7S2/c1-7(19(33)34)37-28-12(11-15(22)39-21(25)27-11)16(31)26-13-17(32)30-14(20(35)36)8(6-38-18(13)30)4-29-3-2-9(23)10(24)5-29/h2-3,5,7,13,18,23H,4,6,24H2,1H3,(H5,25,26,27,31,33,34,35,36)/b28-12-/t7-,13+,18?/m0/s1. The average molecular weight is 597 g/mol. The number of thioether (sulfide) groups is 1. The van der Waals surface area contributed by atoms with Crippen molar-refractivity contribution in [2.45, 2.75) is 31.0 Å². The van der Waals surface area contributed by atoms with E-state index in [1.165, 1.54) is 24.9 Å². The number of halogens is 1. The Morgan fingerprint density at radius 3 is 2.69 bits per heavy atom. The number of amides is 2. The molecule has 4 heterocycles. The van der Waals surface area contributed by atoms with Gasteiger partial charge >= 0.3 is 5.97 Å². The lowest BCUT2D eigenvalue weighted by molar-refractivity contribution is -0.688. The van der Waals surface area contributed by atoms with E-state index in [-0.39, 0.29) is 33.2 Å². The minimum atomic E-state index is -1.56. The summed E-state index contributed by atoms with van der Waals surface area (Å²) in [5, 5.41) is 26.4. The maximum atomic E-state index is 13.1. The van der Waals surface area contributed by atoms with Gasteiger partial charge in [0.25, 0.3) is 11.8 Å². The van der Waals surface area contributed by atoms with E-state index in [2.05, 4.69) is 15.5 Å². The van der Waals surface area contributed by atoms with Crippen LogP contribution in [0.3, 0.4) is 0 Å². The molecule has 0 aliphatic carbocycles. The van der Waals surface area contributed by atoms with Gasteiger partial charge in [-0.3, -0.25) is 14.5 Å². The first-order valence-corrected chi connectivity index (χ1v) is 13.2. The first-order chi connectivity index (χ1) is 18.4. The molecule has 1 saturated heterocycles. The average Bonchev–Trinajstić information content (AvgIpc) is 3.21. The molecule has 0 bridgehead atoms. The summed E-state index contributed by atoms with van der Waals surface area (Å²) < 4.78 is 1.60. The second kappa shape index (κ2) is 11.0. The minimum Gasteiger partial charge on any atom is -0.543 e. The number of carboxylic acid groups (broad SMARTS) is 2. The summed E-state index contributed by atoms with van der Waals surface area (Å²) in [6.45, 7) is 1.29. The summed E-state index contributed by atoms with van der Waals surface area (Å²) in [7, 11) is 0. The largest absolute Gasteiger partial charge is 0.543 e. The molecule has 0 radical (unpaired) electrons. The van der Waals surface area contributed by atoms with Crippen LogP contribution in [0.1, 0.15) is 12.6 Å². The number of carbonyl (C=O) groups is 4. The van der Waals surface area contributed by atoms with Gasteiger partial charge in [0.15, 0.2) is 29.8 Å². The molecule has 206 valence electrons. The van der Waals surface area contributed by atoms with E-state index in [0.717, 1.165) is 16.2 Å². The van der Waals surface area contributed by atoms with Crippen molar-refractivity contribution < 1.29 is 38.8 Å². The summed E-state index contributed by atoms with van der Waals surface area (Å²) in [6.07, 6.45) is 1.74. The maximum absolute atomic E-state index is 13.1. The SMILES string of the molecule is C[C@H](O/N=C(\C(=O)N[C@@H]1C(=O)N2C(C(=O)[O-])=C(C[n+]3ccc(N)c(N)c3)CSC12)c1nc(N)sc1Cl)C(=O)O. The maximum Gasteiger partial charge on any atom is 0.347 e. The second-order valence-corrected chi connectivity index (χ2v) is 11.1. The molecule has 2 aromatic heterocycles. The molecule has 18 heteroatoms. The predicted molar refractivity (Wildman–Crippen MR) is 139 cm³/mol. The van der Waals surface area contributed by atoms with Crippen molar-refractivity contribution >= 4 is 80.7 Å². The fraction of sp³-hybridized carbons (Fsp3) is 0.286. The number of pyridine rings is 1. The van der Waals surface area contributed by atoms with Gasteiger partial charge in [-0.15, -0.1) is 11.8 Å². The number of aliphatic carboxylic acids is 2. The van der Waals surface area contributed by atoms with E-state index < -0.39 is 47.0 Å². The van der Waals surface area contributed by atoms with Gasteiger partial charge in [0.2, 0.25) is 6.10 Å². The Balaban J connectivity index is 1.56. The summed E-state index contributed by atoms with van der Waals surface area (Å²) in [5.74, 6) is -4.36. The highest BCUT2D eigenvalue weighted by molar-refractivity contribution is 8.00. The summed E-state index contributed by atoms with van der Waals surface area (Å²) in [4.78, 5) is 59.2. The van der Waals surface area contributed by atoms with Crippen molar-refractivity contribution in [1.82, 2.24) is 15.2 Å². The quantitative estimate of drug-likeness (QED) is 0.0924. The zero-order valence-corrected chi connectivity index (χ0v) is 22.4. The van der Waals surface area contributed by atoms with Crippen LogP contribution in [0.25, 0.3) is 0 Å². The zero-order chi connectivity index (χ0) is 28.6. The number of aromatic nitrogens is 2. The van der Waals surface area contributed by atoms with E-state index >= 15 is 0 Å². The molecule has 39 heavy (non-hydrogen) atoms. The molecule has 0 aromatic carbocycles. The zero-order valence-electron chi connectivity index (χ0n) is 20.0. The van der Waals surface area contributed by atoms with Crippen molar-refractivity contribution in [1.29, 1.82) is 0 Å². The number of nitrogen functional groups attached to an aromatic ring is 3. The number of oxime groups is 1. The molecule has 8 N–H and O–H groups in total. The molecule has 0 spiro atoms. The molecule has 0 saturated carbocycles. The third-order valence-corrected chi connectivity index (χ3v) is 8.10. The van der Waals surface area contributed by atoms with Gasteiger partial charge in [0.1, 0.15) is 27.1 Å². The highest BCUT2D eigenvalue weighted by Crippen LogP contribution is 2.40. The number of nitrogens with two attached hydrogens (primary N) is 3. The van der Waals surface area contributed by atoms with Crippen molar-refractivity contribution in [3.05, 3.63) is 39.8 Å². The Kier molecular flexibility index (Phi) is 7.84. The van der Waals surface area contributed by atoms with Crippen molar-refractivity contribution in [3.8, 4) is 0 Å². The van der Waals surface area contributed by atoms with Gasteiger partial charge in [-0.2, -0.15) is 4.57 Å². The summed E-state index contributed by atoms with van der Waals surface area (Å²) in [6, 6.07) is 0.422. The van der Waals surface area contributed by atoms with Crippen molar-refractivity contribution in [2.24, 2.45) is 5.16 Å². The van der Waals surface area contributed by atoms with Crippen LogP contribution in [0.2, 0.25) is 4.34 Å². The fourth-order valence-electron chi connectivity index (χ4n) is 3.72. The smallest absolute Gasteiger partial charge is 0.347 e. The van der Waals surface area contributed by atoms with E-state index in [4.69, 9.17) is 38.7 Å². The molecule has 1 fully saturated rings. The van der Waals surface area contributed by atoms with Crippen LogP contribution in [0.15, 0.2) is 34.9 Å². The highest BCUT2D eigenvalue weighted by atomic mass is 35.5. The molecule has 15 nitrogen and oxygen atoms in total. The van der Waals surface area contributed by atoms with Gasteiger partial charge in [-0.05, 0) is 6.92 Å². The molecule has 3 atom stereocenters. The van der Waals surface area contributed by atoms with Gasteiger partial charge in [-0.1, -0.05) is 28.1 Å². The van der Waals surface area contributed by atoms with Crippen LogP contribution in [0, 0.1) is 0 Å². The number of nitrogens with zero attached hydrogens (tertiary/aromatic N) is 4. The third kappa shape index (κ3) is 5.55. The number of β-lactam (4-membered cyclic amide) rings is 1. The number of carboxylic acids is 2. The molecule has 2 amide bonds. The lowest BCUT2D eigenvalue weighted by atomic mass is 10.0. The van der Waals surface area contributed by atoms with Gasteiger partial charge in [0.05, 0.1) is 17.4 Å². The third-order valence-electron chi connectivity index (χ3n) is 5.68. The van der Waals surface area contributed by atoms with Crippen molar-refractivity contribution in [3.63, 3.8) is 0 Å². The second-order valence-electron chi connectivity index (χ2n) is 8.33. The number of fused-ring (bicyclic) bond motifs is 1. The lowest BCUT2D eigenvalue weighted by Gasteiger charge is -2.50. The van der Waals surface area contributed by atoms with E-state index in [9.17, 15) is 24.3 Å². The Morgan fingerprint density at radius 1 is 1.38 bits per heavy atom. The first kappa shape index (κ1) is 27.9. The van der Waals surface area contributed by atoms with Crippen LogP contribution in [0.5, 0.6) is 0 Å². The first-order valence-electron chi connectivity index (χ1n) is 11.0. The summed E-state index contributed by atoms with van der Waals surface area (Å²) >= 11 is 8.18. The number of carbonyl (C=O) groups excluding carboxylic acids is 3. The number of rotatable bonds is 9. The Labute approximate surface area is 233 Å². The topological polar surface area (TPSA) is 243 Å². The molecule has 1 unspecified atom stereocenters. The number of hydrogen-bond acceptors (Lipinski definition) is 13. The Bertz CT molecular complexity index is 1450. The van der Waals surface area contributed by atoms with Crippen LogP contribution in [-0.2, 0) is 30.6 Å². The lowest BCUT2D eigenvalue weighted by Crippen LogP contribution is -2.71.